The third-order valence-corrected chi connectivity index (χ3v) is 9.68. The molecule has 4 N–H and O–H groups in total. The summed E-state index contributed by atoms with van der Waals surface area (Å²) in [5.74, 6) is -0.372. The van der Waals surface area contributed by atoms with E-state index in [0.29, 0.717) is 37.9 Å². The maximum atomic E-state index is 13.1. The van der Waals surface area contributed by atoms with Gasteiger partial charge in [0.25, 0.3) is 0 Å². The molecule has 4 aliphatic rings. The van der Waals surface area contributed by atoms with E-state index in [1.54, 1.807) is 0 Å². The summed E-state index contributed by atoms with van der Waals surface area (Å²) in [5, 5.41) is 17.6. The molecule has 2 aliphatic heterocycles. The Morgan fingerprint density at radius 3 is 2.39 bits per heavy atom. The van der Waals surface area contributed by atoms with Crippen molar-refractivity contribution in [2.45, 2.75) is 76.3 Å². The van der Waals surface area contributed by atoms with E-state index in [0.717, 1.165) is 19.3 Å². The molecule has 0 radical (unpaired) electrons. The van der Waals surface area contributed by atoms with Crippen LogP contribution in [0.4, 0.5) is 4.79 Å². The first-order valence-electron chi connectivity index (χ1n) is 14.2. The van der Waals surface area contributed by atoms with Gasteiger partial charge < -0.3 is 35.2 Å². The van der Waals surface area contributed by atoms with Gasteiger partial charge in [-0.2, -0.15) is 0 Å². The Hall–Kier alpha value is -1.45. The van der Waals surface area contributed by atoms with E-state index in [4.69, 9.17) is 4.74 Å². The maximum absolute atomic E-state index is 13.1. The molecule has 15 heteroatoms. The Bertz CT molecular complexity index is 1080. The maximum Gasteiger partial charge on any atom is 1.00 e. The van der Waals surface area contributed by atoms with Gasteiger partial charge >= 0.3 is 35.7 Å². The van der Waals surface area contributed by atoms with Gasteiger partial charge in [0.15, 0.2) is 5.44 Å². The number of nitrogens with one attached hydrogen (secondary N) is 3. The average molecular weight is 609 g/mol. The third kappa shape index (κ3) is 8.79. The number of fused-ring (bicyclic) bond motifs is 2. The summed E-state index contributed by atoms with van der Waals surface area (Å²) in [4.78, 5) is 52.2. The Balaban J connectivity index is 0.00000462. The van der Waals surface area contributed by atoms with Crippen molar-refractivity contribution in [1.82, 2.24) is 20.9 Å². The van der Waals surface area contributed by atoms with Crippen LogP contribution in [0.2, 0.25) is 0 Å². The van der Waals surface area contributed by atoms with Crippen molar-refractivity contribution in [3.8, 4) is 0 Å². The molecule has 4 unspecified atom stereocenters. The van der Waals surface area contributed by atoms with Gasteiger partial charge in [-0.25, -0.2) is 13.2 Å². The Morgan fingerprint density at radius 2 is 1.85 bits per heavy atom. The predicted molar refractivity (Wildman–Crippen MR) is 140 cm³/mol. The van der Waals surface area contributed by atoms with Gasteiger partial charge in [0, 0.05) is 37.4 Å². The fourth-order valence-electron chi connectivity index (χ4n) is 6.62. The number of ether oxygens (including phenoxy) is 1. The number of alkyl carbamates (subject to hydrolysis) is 1. The second-order valence-electron chi connectivity index (χ2n) is 12.3. The summed E-state index contributed by atoms with van der Waals surface area (Å²) < 4.78 is 39.9. The van der Waals surface area contributed by atoms with Crippen LogP contribution in [0.1, 0.15) is 58.8 Å². The zero-order chi connectivity index (χ0) is 29.2. The van der Waals surface area contributed by atoms with Gasteiger partial charge in [0.1, 0.15) is 16.2 Å². The molecule has 0 aromatic heterocycles. The molecule has 2 bridgehead atoms. The number of likely N-dealkylation sites (tertiary alicyclic amines) is 1. The van der Waals surface area contributed by atoms with Crippen LogP contribution in [0.25, 0.3) is 0 Å². The number of aliphatic hydroxyl groups excluding tert-OH is 1. The molecule has 4 rings (SSSR count). The zero-order valence-electron chi connectivity index (χ0n) is 24.0. The van der Waals surface area contributed by atoms with Gasteiger partial charge in [0.2, 0.25) is 17.7 Å². The van der Waals surface area contributed by atoms with E-state index in [1.807, 2.05) is 18.7 Å². The number of carbonyl (C=O) groups is 4. The van der Waals surface area contributed by atoms with Crippen LogP contribution in [0.15, 0.2) is 0 Å². The van der Waals surface area contributed by atoms with E-state index >= 15 is 0 Å². The summed E-state index contributed by atoms with van der Waals surface area (Å²) in [5.41, 5.74) is -2.46. The first-order valence-corrected chi connectivity index (χ1v) is 15.7. The number of aliphatic hydroxyl groups is 1. The van der Waals surface area contributed by atoms with Crippen molar-refractivity contribution in [3.05, 3.63) is 0 Å². The van der Waals surface area contributed by atoms with Crippen molar-refractivity contribution >= 4 is 33.9 Å². The van der Waals surface area contributed by atoms with Crippen LogP contribution >= 0.6 is 0 Å². The molecule has 2 heterocycles. The molecule has 0 spiro atoms. The summed E-state index contributed by atoms with van der Waals surface area (Å²) in [6.07, 6.45) is 3.94. The van der Waals surface area contributed by atoms with E-state index < -0.39 is 45.6 Å². The normalized spacial score (nSPS) is 27.8. The van der Waals surface area contributed by atoms with Gasteiger partial charge in [-0.1, -0.05) is 20.3 Å². The average Bonchev–Trinajstić information content (AvgIpc) is 3.58. The van der Waals surface area contributed by atoms with Crippen molar-refractivity contribution in [2.24, 2.45) is 35.5 Å². The number of hydrogen-bond donors (Lipinski definition) is 4. The van der Waals surface area contributed by atoms with E-state index in [2.05, 4.69) is 16.0 Å². The molecule has 4 fully saturated rings. The third-order valence-electron chi connectivity index (χ3n) is 8.76. The first-order chi connectivity index (χ1) is 18.8. The molecule has 4 amide bonds. The largest absolute Gasteiger partial charge is 1.00 e. The summed E-state index contributed by atoms with van der Waals surface area (Å²) in [7, 11) is -5.19. The van der Waals surface area contributed by atoms with Crippen LogP contribution in [0.3, 0.4) is 0 Å². The Kier molecular flexibility index (Phi) is 11.9. The van der Waals surface area contributed by atoms with Crippen LogP contribution in [-0.4, -0.2) is 90.6 Å². The molecule has 0 aromatic carbocycles. The van der Waals surface area contributed by atoms with Crippen LogP contribution in [0.5, 0.6) is 0 Å². The number of nitrogens with zero attached hydrogens (tertiary/aromatic N) is 1. The minimum absolute atomic E-state index is 0. The standard InChI is InChI=1S/C26H42N4O9S.Na/c1-14(2)7-20(23(32)28-21(25(34)40(36,37)38)10-18-5-6-27-22(18)31)29-26(35)39-13-16-11-30(12-16)24(33)19-9-15-3-4-17(19)8-15;/h14-21,25,34H,3-13H2,1-2H3,(H,27,31)(H,28,32)(H,29,35)(H,36,37,38);/q;+1/p-1/t15?,17?,18-,19?,20+,21+,25?;/m1./s1. The molecular weight excluding hydrogens is 567 g/mol. The monoisotopic (exact) mass is 608 g/mol. The van der Waals surface area contributed by atoms with Crippen molar-refractivity contribution < 1.29 is 71.5 Å². The van der Waals surface area contributed by atoms with Crippen molar-refractivity contribution in [3.63, 3.8) is 0 Å². The van der Waals surface area contributed by atoms with E-state index in [9.17, 15) is 37.3 Å². The van der Waals surface area contributed by atoms with Gasteiger partial charge in [0.05, 0.1) is 12.6 Å². The second-order valence-corrected chi connectivity index (χ2v) is 13.8. The van der Waals surface area contributed by atoms with Crippen LogP contribution < -0.4 is 45.5 Å². The summed E-state index contributed by atoms with van der Waals surface area (Å²) >= 11 is 0. The Labute approximate surface area is 263 Å². The van der Waals surface area contributed by atoms with Crippen LogP contribution in [-0.2, 0) is 29.2 Å². The minimum Gasteiger partial charge on any atom is -0.746 e. The topological polar surface area (TPSA) is 194 Å². The summed E-state index contributed by atoms with van der Waals surface area (Å²) in [6, 6.07) is -2.67. The minimum atomic E-state index is -5.19. The fourth-order valence-corrected chi connectivity index (χ4v) is 7.21. The smallest absolute Gasteiger partial charge is 0.746 e. The first kappa shape index (κ1) is 34.0. The predicted octanol–water partition coefficient (Wildman–Crippen LogP) is -3.10. The SMILES string of the molecule is CC(C)C[C@H](NC(=O)OCC1CN(C(=O)C2CC3CCC2C3)C1)C(=O)N[C@@H](C[C@H]1CCNC1=O)C(O)S(=O)(=O)[O-].[Na+]. The van der Waals surface area contributed by atoms with Crippen molar-refractivity contribution in [1.29, 1.82) is 0 Å². The van der Waals surface area contributed by atoms with Gasteiger partial charge in [-0.15, -0.1) is 0 Å². The molecule has 2 aliphatic carbocycles. The molecule has 7 atom stereocenters. The number of hydrogen-bond acceptors (Lipinski definition) is 9. The number of carbonyl (C=O) groups excluding carboxylic acids is 4. The van der Waals surface area contributed by atoms with E-state index in [1.165, 1.54) is 6.42 Å². The molecule has 2 saturated heterocycles. The zero-order valence-corrected chi connectivity index (χ0v) is 26.9. The summed E-state index contributed by atoms with van der Waals surface area (Å²) in [6.45, 7) is 5.13. The van der Waals surface area contributed by atoms with Crippen molar-refractivity contribution in [2.75, 3.05) is 26.2 Å². The number of rotatable bonds is 12. The van der Waals surface area contributed by atoms with Gasteiger partial charge in [-0.3, -0.25) is 14.4 Å². The quantitative estimate of drug-likeness (QED) is 0.131. The fraction of sp³-hybridized carbons (Fsp3) is 0.846. The number of amides is 4. The second kappa shape index (κ2) is 14.3. The Morgan fingerprint density at radius 1 is 1.15 bits per heavy atom. The molecule has 41 heavy (non-hydrogen) atoms. The van der Waals surface area contributed by atoms with Gasteiger partial charge in [-0.05, 0) is 56.3 Å². The molecule has 226 valence electrons. The molecule has 13 nitrogen and oxygen atoms in total. The molecular formula is C26H41N4NaO9S. The van der Waals surface area contributed by atoms with Crippen LogP contribution in [0, 0.1) is 35.5 Å². The van der Waals surface area contributed by atoms with E-state index in [-0.39, 0.29) is 78.6 Å². The molecule has 0 aromatic rings. The molecule has 2 saturated carbocycles.